The number of ether oxygens (including phenoxy) is 1. The van der Waals surface area contributed by atoms with E-state index in [1.165, 1.54) is 18.4 Å². The van der Waals surface area contributed by atoms with Gasteiger partial charge in [-0.15, -0.1) is 0 Å². The molecule has 0 spiro atoms. The highest BCUT2D eigenvalue weighted by Crippen LogP contribution is 2.38. The number of para-hydroxylation sites is 1. The lowest BCUT2D eigenvalue weighted by Crippen LogP contribution is -2.63. The number of anilines is 1. The zero-order valence-electron chi connectivity index (χ0n) is 15.3. The molecule has 3 fully saturated rings. The number of carbonyl (C=O) groups is 1. The van der Waals surface area contributed by atoms with Crippen LogP contribution in [0, 0.1) is 12.8 Å². The monoisotopic (exact) mass is 343 g/mol. The van der Waals surface area contributed by atoms with E-state index in [-0.39, 0.29) is 6.03 Å². The van der Waals surface area contributed by atoms with Crippen LogP contribution in [-0.2, 0) is 11.2 Å². The first-order valence-electron chi connectivity index (χ1n) is 9.65. The Morgan fingerprint density at radius 2 is 2.12 bits per heavy atom. The van der Waals surface area contributed by atoms with Gasteiger partial charge in [0.15, 0.2) is 0 Å². The molecule has 5 heteroatoms. The van der Waals surface area contributed by atoms with E-state index in [0.717, 1.165) is 56.4 Å². The Balaban J connectivity index is 1.42. The van der Waals surface area contributed by atoms with Crippen LogP contribution in [0.3, 0.4) is 0 Å². The van der Waals surface area contributed by atoms with Crippen LogP contribution in [-0.4, -0.2) is 60.8 Å². The number of aryl methyl sites for hydroxylation is 2. The largest absolute Gasteiger partial charge is 0.378 e. The van der Waals surface area contributed by atoms with Gasteiger partial charge in [0.2, 0.25) is 0 Å². The fourth-order valence-corrected chi connectivity index (χ4v) is 4.34. The van der Waals surface area contributed by atoms with Crippen LogP contribution in [0.4, 0.5) is 10.5 Å². The van der Waals surface area contributed by atoms with Crippen LogP contribution in [0.25, 0.3) is 0 Å². The third-order valence-corrected chi connectivity index (χ3v) is 5.98. The lowest BCUT2D eigenvalue weighted by molar-refractivity contribution is -0.0796. The molecule has 1 N–H and O–H groups in total. The number of fused-ring (bicyclic) bond motifs is 1. The third kappa shape index (κ3) is 3.40. The van der Waals surface area contributed by atoms with Gasteiger partial charge in [0.1, 0.15) is 0 Å². The van der Waals surface area contributed by atoms with Crippen molar-refractivity contribution in [2.45, 2.75) is 45.2 Å². The molecule has 0 radical (unpaired) electrons. The summed E-state index contributed by atoms with van der Waals surface area (Å²) in [4.78, 5) is 17.4. The lowest BCUT2D eigenvalue weighted by Gasteiger charge is -2.48. The summed E-state index contributed by atoms with van der Waals surface area (Å²) in [6.45, 7) is 8.34. The molecule has 1 aromatic rings. The summed E-state index contributed by atoms with van der Waals surface area (Å²) in [6.07, 6.45) is 3.60. The van der Waals surface area contributed by atoms with E-state index in [2.05, 4.69) is 42.3 Å². The Kier molecular flexibility index (Phi) is 4.69. The molecule has 4 rings (SSSR count). The van der Waals surface area contributed by atoms with Crippen LogP contribution in [0.15, 0.2) is 18.2 Å². The molecule has 0 bridgehead atoms. The van der Waals surface area contributed by atoms with Gasteiger partial charge in [-0.25, -0.2) is 4.79 Å². The maximum Gasteiger partial charge on any atom is 0.321 e. The molecule has 2 atom stereocenters. The maximum absolute atomic E-state index is 12.8. The van der Waals surface area contributed by atoms with Gasteiger partial charge in [0, 0.05) is 31.4 Å². The second-order valence-corrected chi connectivity index (χ2v) is 7.67. The zero-order chi connectivity index (χ0) is 17.4. The third-order valence-electron chi connectivity index (χ3n) is 5.98. The van der Waals surface area contributed by atoms with Crippen LogP contribution >= 0.6 is 0 Å². The number of benzene rings is 1. The van der Waals surface area contributed by atoms with E-state index in [1.54, 1.807) is 0 Å². The van der Waals surface area contributed by atoms with E-state index in [0.29, 0.717) is 12.1 Å². The first-order valence-corrected chi connectivity index (χ1v) is 9.65. The summed E-state index contributed by atoms with van der Waals surface area (Å²) in [6, 6.07) is 7.16. The standard InChI is InChI=1S/C20H29N3O2/c1-3-15-6-4-5-14(2)19(15)21-20(24)22-9-10-23-17(11-22)12-25-13-18(23)16-7-8-16/h4-6,16-18H,3,7-13H2,1-2H3,(H,21,24)/t17-,18-/m1/s1. The number of hydrogen-bond acceptors (Lipinski definition) is 3. The van der Waals surface area contributed by atoms with E-state index >= 15 is 0 Å². The maximum atomic E-state index is 12.8. The lowest BCUT2D eigenvalue weighted by atomic mass is 10.0. The summed E-state index contributed by atoms with van der Waals surface area (Å²) in [5.41, 5.74) is 3.30. The van der Waals surface area contributed by atoms with E-state index < -0.39 is 0 Å². The van der Waals surface area contributed by atoms with Gasteiger partial charge in [0.25, 0.3) is 0 Å². The highest BCUT2D eigenvalue weighted by atomic mass is 16.5. The van der Waals surface area contributed by atoms with E-state index in [9.17, 15) is 4.79 Å². The molecule has 0 unspecified atom stereocenters. The number of urea groups is 1. The zero-order valence-corrected chi connectivity index (χ0v) is 15.3. The molecule has 5 nitrogen and oxygen atoms in total. The average molecular weight is 343 g/mol. The van der Waals surface area contributed by atoms with Crippen molar-refractivity contribution >= 4 is 11.7 Å². The fraction of sp³-hybridized carbons (Fsp3) is 0.650. The fourth-order valence-electron chi connectivity index (χ4n) is 4.34. The molecule has 2 amide bonds. The number of hydrogen-bond donors (Lipinski definition) is 1. The molecule has 2 aliphatic heterocycles. The molecule has 136 valence electrons. The number of piperazine rings is 1. The summed E-state index contributed by atoms with van der Waals surface area (Å²) >= 11 is 0. The van der Waals surface area contributed by atoms with Gasteiger partial charge in [0.05, 0.1) is 19.3 Å². The van der Waals surface area contributed by atoms with Crippen molar-refractivity contribution in [1.29, 1.82) is 0 Å². The van der Waals surface area contributed by atoms with Crippen molar-refractivity contribution in [2.75, 3.05) is 38.2 Å². The Labute approximate surface area is 150 Å². The minimum atomic E-state index is 0.0252. The molecule has 3 aliphatic rings. The minimum Gasteiger partial charge on any atom is -0.378 e. The smallest absolute Gasteiger partial charge is 0.321 e. The van der Waals surface area contributed by atoms with Crippen molar-refractivity contribution in [3.8, 4) is 0 Å². The number of carbonyl (C=O) groups excluding carboxylic acids is 1. The number of amides is 2. The highest BCUT2D eigenvalue weighted by molar-refractivity contribution is 5.91. The molecule has 25 heavy (non-hydrogen) atoms. The highest BCUT2D eigenvalue weighted by Gasteiger charge is 2.43. The SMILES string of the molecule is CCc1cccc(C)c1NC(=O)N1CCN2[C@@H](COC[C@@H]2C2CC2)C1. The quantitative estimate of drug-likeness (QED) is 0.918. The number of rotatable bonds is 3. The Morgan fingerprint density at radius 3 is 2.88 bits per heavy atom. The Hall–Kier alpha value is -1.59. The second kappa shape index (κ2) is 6.96. The second-order valence-electron chi connectivity index (χ2n) is 7.67. The Bertz CT molecular complexity index is 644. The molecular formula is C20H29N3O2. The number of nitrogens with one attached hydrogen (secondary N) is 1. The van der Waals surface area contributed by atoms with Crippen LogP contribution in [0.5, 0.6) is 0 Å². The van der Waals surface area contributed by atoms with E-state index in [4.69, 9.17) is 4.74 Å². The van der Waals surface area contributed by atoms with Crippen molar-refractivity contribution in [2.24, 2.45) is 5.92 Å². The topological polar surface area (TPSA) is 44.8 Å². The molecular weight excluding hydrogens is 314 g/mol. The van der Waals surface area contributed by atoms with Crippen molar-refractivity contribution < 1.29 is 9.53 Å². The molecule has 2 heterocycles. The predicted octanol–water partition coefficient (Wildman–Crippen LogP) is 2.88. The molecule has 1 saturated carbocycles. The van der Waals surface area contributed by atoms with Gasteiger partial charge < -0.3 is 15.0 Å². The summed E-state index contributed by atoms with van der Waals surface area (Å²) in [5.74, 6) is 0.822. The van der Waals surface area contributed by atoms with Gasteiger partial charge in [-0.1, -0.05) is 25.1 Å². The molecule has 0 aromatic heterocycles. The van der Waals surface area contributed by atoms with Crippen molar-refractivity contribution in [3.05, 3.63) is 29.3 Å². The number of nitrogens with zero attached hydrogens (tertiary/aromatic N) is 2. The van der Waals surface area contributed by atoms with Gasteiger partial charge >= 0.3 is 6.03 Å². The van der Waals surface area contributed by atoms with Crippen LogP contribution in [0.1, 0.15) is 30.9 Å². The minimum absolute atomic E-state index is 0.0252. The first kappa shape index (κ1) is 16.9. The van der Waals surface area contributed by atoms with E-state index in [1.807, 2.05) is 4.90 Å². The summed E-state index contributed by atoms with van der Waals surface area (Å²) in [5, 5.41) is 3.17. The Morgan fingerprint density at radius 1 is 1.28 bits per heavy atom. The van der Waals surface area contributed by atoms with Crippen molar-refractivity contribution in [3.63, 3.8) is 0 Å². The van der Waals surface area contributed by atoms with Gasteiger partial charge in [-0.05, 0) is 43.2 Å². The van der Waals surface area contributed by atoms with Gasteiger partial charge in [-0.3, -0.25) is 4.90 Å². The number of morpholine rings is 1. The normalized spacial score (nSPS) is 27.0. The predicted molar refractivity (Wildman–Crippen MR) is 99.0 cm³/mol. The molecule has 1 aliphatic carbocycles. The first-order chi connectivity index (χ1) is 12.2. The molecule has 2 saturated heterocycles. The van der Waals surface area contributed by atoms with Crippen LogP contribution in [0.2, 0.25) is 0 Å². The average Bonchev–Trinajstić information content (AvgIpc) is 3.47. The summed E-state index contributed by atoms with van der Waals surface area (Å²) in [7, 11) is 0. The molecule has 1 aromatic carbocycles. The summed E-state index contributed by atoms with van der Waals surface area (Å²) < 4.78 is 5.85. The van der Waals surface area contributed by atoms with Gasteiger partial charge in [-0.2, -0.15) is 0 Å². The van der Waals surface area contributed by atoms with Crippen molar-refractivity contribution in [1.82, 2.24) is 9.80 Å². The van der Waals surface area contributed by atoms with Crippen LogP contribution < -0.4 is 5.32 Å².